The number of benzene rings is 1. The molecular weight excluding hydrogens is 218 g/mol. The molecule has 0 bridgehead atoms. The third-order valence-corrected chi connectivity index (χ3v) is 3.00. The van der Waals surface area contributed by atoms with Crippen molar-refractivity contribution in [2.45, 2.75) is 25.7 Å². The van der Waals surface area contributed by atoms with Crippen molar-refractivity contribution in [2.75, 3.05) is 11.4 Å². The van der Waals surface area contributed by atoms with E-state index in [0.717, 1.165) is 31.5 Å². The largest absolute Gasteiger partial charge is 0.478 e. The molecule has 0 saturated carbocycles. The summed E-state index contributed by atoms with van der Waals surface area (Å²) in [7, 11) is 0. The maximum atomic E-state index is 11.8. The van der Waals surface area contributed by atoms with Crippen molar-refractivity contribution in [2.24, 2.45) is 0 Å². The van der Waals surface area contributed by atoms with Gasteiger partial charge in [-0.05, 0) is 37.1 Å². The van der Waals surface area contributed by atoms with Crippen molar-refractivity contribution in [3.8, 4) is 0 Å². The van der Waals surface area contributed by atoms with Crippen molar-refractivity contribution in [3.63, 3.8) is 0 Å². The average molecular weight is 233 g/mol. The molecule has 1 aromatic carbocycles. The van der Waals surface area contributed by atoms with Crippen LogP contribution >= 0.6 is 0 Å². The molecule has 4 nitrogen and oxygen atoms in total. The lowest BCUT2D eigenvalue weighted by atomic mass is 10.2. The zero-order valence-corrected chi connectivity index (χ0v) is 9.56. The smallest absolute Gasteiger partial charge is 0.335 e. The maximum Gasteiger partial charge on any atom is 0.335 e. The molecule has 0 aliphatic carbocycles. The molecule has 1 fully saturated rings. The fourth-order valence-electron chi connectivity index (χ4n) is 2.04. The lowest BCUT2D eigenvalue weighted by Gasteiger charge is -2.20. The molecule has 0 spiro atoms. The maximum absolute atomic E-state index is 11.8. The van der Waals surface area contributed by atoms with E-state index in [4.69, 9.17) is 5.11 Å². The van der Waals surface area contributed by atoms with Crippen LogP contribution in [0.3, 0.4) is 0 Å². The Balaban J connectivity index is 2.20. The average Bonchev–Trinajstić information content (AvgIpc) is 2.54. The van der Waals surface area contributed by atoms with Gasteiger partial charge in [0.15, 0.2) is 0 Å². The van der Waals surface area contributed by atoms with Gasteiger partial charge in [-0.15, -0.1) is 0 Å². The molecule has 2 rings (SSSR count). The molecule has 90 valence electrons. The summed E-state index contributed by atoms with van der Waals surface area (Å²) in [6.07, 6.45) is 3.62. The summed E-state index contributed by atoms with van der Waals surface area (Å²) in [4.78, 5) is 24.3. The summed E-state index contributed by atoms with van der Waals surface area (Å²) in [6.45, 7) is 0.727. The van der Waals surface area contributed by atoms with Gasteiger partial charge in [-0.1, -0.05) is 6.42 Å². The van der Waals surface area contributed by atoms with E-state index in [1.165, 1.54) is 12.1 Å². The Morgan fingerprint density at radius 1 is 1.12 bits per heavy atom. The lowest BCUT2D eigenvalue weighted by molar-refractivity contribution is -0.118. The molecule has 1 amide bonds. The molecule has 4 heteroatoms. The molecule has 1 aromatic rings. The third-order valence-electron chi connectivity index (χ3n) is 3.00. The van der Waals surface area contributed by atoms with E-state index in [-0.39, 0.29) is 11.5 Å². The van der Waals surface area contributed by atoms with Crippen LogP contribution in [0.1, 0.15) is 36.0 Å². The van der Waals surface area contributed by atoms with Gasteiger partial charge in [-0.2, -0.15) is 0 Å². The Bertz CT molecular complexity index is 425. The Kier molecular flexibility index (Phi) is 3.42. The first-order chi connectivity index (χ1) is 8.18. The van der Waals surface area contributed by atoms with Crippen LogP contribution in [-0.2, 0) is 4.79 Å². The van der Waals surface area contributed by atoms with Gasteiger partial charge < -0.3 is 10.0 Å². The number of carbonyl (C=O) groups is 2. The van der Waals surface area contributed by atoms with Crippen LogP contribution in [0.2, 0.25) is 0 Å². The van der Waals surface area contributed by atoms with Crippen molar-refractivity contribution in [3.05, 3.63) is 29.8 Å². The summed E-state index contributed by atoms with van der Waals surface area (Å²) in [6, 6.07) is 6.48. The zero-order chi connectivity index (χ0) is 12.3. The summed E-state index contributed by atoms with van der Waals surface area (Å²) in [5.41, 5.74) is 1.04. The van der Waals surface area contributed by atoms with Gasteiger partial charge in [0, 0.05) is 18.7 Å². The van der Waals surface area contributed by atoms with Crippen LogP contribution in [0.5, 0.6) is 0 Å². The number of anilines is 1. The highest BCUT2D eigenvalue weighted by Gasteiger charge is 2.18. The normalized spacial score (nSPS) is 16.7. The summed E-state index contributed by atoms with van der Waals surface area (Å²) < 4.78 is 0. The summed E-state index contributed by atoms with van der Waals surface area (Å²) >= 11 is 0. The molecule has 0 atom stereocenters. The van der Waals surface area contributed by atoms with Crippen molar-refractivity contribution in [1.29, 1.82) is 0 Å². The van der Waals surface area contributed by atoms with Gasteiger partial charge in [0.1, 0.15) is 0 Å². The van der Waals surface area contributed by atoms with Crippen LogP contribution in [0.25, 0.3) is 0 Å². The van der Waals surface area contributed by atoms with E-state index in [1.54, 1.807) is 17.0 Å². The molecule has 1 N–H and O–H groups in total. The molecule has 1 aliphatic rings. The minimum atomic E-state index is -0.946. The van der Waals surface area contributed by atoms with Crippen LogP contribution in [0.4, 0.5) is 5.69 Å². The van der Waals surface area contributed by atoms with Gasteiger partial charge in [0.2, 0.25) is 5.91 Å². The predicted molar refractivity (Wildman–Crippen MR) is 64.2 cm³/mol. The second-order valence-corrected chi connectivity index (χ2v) is 4.21. The number of carboxylic acid groups (broad SMARTS) is 1. The standard InChI is InChI=1S/C13H15NO3/c15-12-4-2-1-3-9-14(12)11-7-5-10(6-8-11)13(16)17/h5-8H,1-4,9H2,(H,16,17). The zero-order valence-electron chi connectivity index (χ0n) is 9.56. The third kappa shape index (κ3) is 2.64. The van der Waals surface area contributed by atoms with E-state index in [2.05, 4.69) is 0 Å². The van der Waals surface area contributed by atoms with Crippen molar-refractivity contribution >= 4 is 17.6 Å². The number of nitrogens with zero attached hydrogens (tertiary/aromatic N) is 1. The topological polar surface area (TPSA) is 57.6 Å². The number of rotatable bonds is 2. The lowest BCUT2D eigenvalue weighted by Crippen LogP contribution is -2.29. The molecule has 0 aromatic heterocycles. The van der Waals surface area contributed by atoms with Gasteiger partial charge in [-0.3, -0.25) is 4.79 Å². The molecule has 1 aliphatic heterocycles. The van der Waals surface area contributed by atoms with Crippen LogP contribution in [0, 0.1) is 0 Å². The van der Waals surface area contributed by atoms with E-state index < -0.39 is 5.97 Å². The van der Waals surface area contributed by atoms with Crippen LogP contribution < -0.4 is 4.90 Å². The molecule has 1 saturated heterocycles. The van der Waals surface area contributed by atoms with Crippen LogP contribution in [-0.4, -0.2) is 23.5 Å². The Morgan fingerprint density at radius 2 is 1.82 bits per heavy atom. The fourth-order valence-corrected chi connectivity index (χ4v) is 2.04. The van der Waals surface area contributed by atoms with E-state index >= 15 is 0 Å². The summed E-state index contributed by atoms with van der Waals surface area (Å²) in [5.74, 6) is -0.815. The van der Waals surface area contributed by atoms with Gasteiger partial charge >= 0.3 is 5.97 Å². The minimum absolute atomic E-state index is 0.130. The molecule has 0 unspecified atom stereocenters. The number of carboxylic acids is 1. The first-order valence-corrected chi connectivity index (χ1v) is 5.82. The predicted octanol–water partition coefficient (Wildman–Crippen LogP) is 2.29. The van der Waals surface area contributed by atoms with E-state index in [9.17, 15) is 9.59 Å². The second-order valence-electron chi connectivity index (χ2n) is 4.21. The highest BCUT2D eigenvalue weighted by Crippen LogP contribution is 2.20. The van der Waals surface area contributed by atoms with Crippen molar-refractivity contribution < 1.29 is 14.7 Å². The minimum Gasteiger partial charge on any atom is -0.478 e. The number of aromatic carboxylic acids is 1. The molecular formula is C13H15NO3. The quantitative estimate of drug-likeness (QED) is 0.852. The summed E-state index contributed by atoms with van der Waals surface area (Å²) in [5, 5.41) is 8.80. The Morgan fingerprint density at radius 3 is 2.47 bits per heavy atom. The number of carbonyl (C=O) groups excluding carboxylic acids is 1. The monoisotopic (exact) mass is 233 g/mol. The molecule has 17 heavy (non-hydrogen) atoms. The van der Waals surface area contributed by atoms with Gasteiger partial charge in [0.25, 0.3) is 0 Å². The fraction of sp³-hybridized carbons (Fsp3) is 0.385. The van der Waals surface area contributed by atoms with E-state index in [0.29, 0.717) is 6.42 Å². The number of hydrogen-bond acceptors (Lipinski definition) is 2. The number of hydrogen-bond donors (Lipinski definition) is 1. The van der Waals surface area contributed by atoms with Crippen LogP contribution in [0.15, 0.2) is 24.3 Å². The van der Waals surface area contributed by atoms with Crippen molar-refractivity contribution in [1.82, 2.24) is 0 Å². The number of amides is 1. The first kappa shape index (κ1) is 11.6. The Labute approximate surface area is 99.9 Å². The van der Waals surface area contributed by atoms with Gasteiger partial charge in [-0.25, -0.2) is 4.79 Å². The molecule has 0 radical (unpaired) electrons. The highest BCUT2D eigenvalue weighted by atomic mass is 16.4. The SMILES string of the molecule is O=C(O)c1ccc(N2CCCCCC2=O)cc1. The highest BCUT2D eigenvalue weighted by molar-refractivity contribution is 5.94. The molecule has 1 heterocycles. The van der Waals surface area contributed by atoms with E-state index in [1.807, 2.05) is 0 Å². The second kappa shape index (κ2) is 4.99. The van der Waals surface area contributed by atoms with Gasteiger partial charge in [0.05, 0.1) is 5.56 Å². The Hall–Kier alpha value is -1.84. The first-order valence-electron chi connectivity index (χ1n) is 5.82.